The van der Waals surface area contributed by atoms with Gasteiger partial charge in [0.05, 0.1) is 0 Å². The van der Waals surface area contributed by atoms with Crippen molar-refractivity contribution in [2.45, 2.75) is 58.8 Å². The molecular formula is C18H29ClN2O. The summed E-state index contributed by atoms with van der Waals surface area (Å²) in [6.45, 7) is 4.79. The van der Waals surface area contributed by atoms with Gasteiger partial charge in [-0.1, -0.05) is 44.4 Å². The van der Waals surface area contributed by atoms with Crippen LogP contribution in [0.25, 0.3) is 0 Å². The fourth-order valence-electron chi connectivity index (χ4n) is 3.48. The molecule has 0 aliphatic heterocycles. The molecule has 0 spiro atoms. The molecule has 1 aromatic rings. The van der Waals surface area contributed by atoms with Gasteiger partial charge in [-0.3, -0.25) is 4.79 Å². The number of rotatable bonds is 5. The maximum Gasteiger partial charge on any atom is 0.224 e. The normalized spacial score (nSPS) is 16.7. The van der Waals surface area contributed by atoms with Gasteiger partial charge in [-0.05, 0) is 49.3 Å². The van der Waals surface area contributed by atoms with Crippen LogP contribution in [0, 0.1) is 12.3 Å². The van der Waals surface area contributed by atoms with Gasteiger partial charge in [-0.15, -0.1) is 12.4 Å². The molecule has 124 valence electrons. The molecule has 4 heteroatoms. The summed E-state index contributed by atoms with van der Waals surface area (Å²) in [7, 11) is 0. The molecule has 1 amide bonds. The molecule has 0 unspecified atom stereocenters. The second-order valence-electron chi connectivity index (χ2n) is 6.45. The largest absolute Gasteiger partial charge is 0.330 e. The van der Waals surface area contributed by atoms with Crippen molar-refractivity contribution in [2.75, 3.05) is 11.9 Å². The number of carbonyl (C=O) groups is 1. The van der Waals surface area contributed by atoms with Gasteiger partial charge in [0.1, 0.15) is 0 Å². The topological polar surface area (TPSA) is 55.1 Å². The molecule has 0 bridgehead atoms. The number of para-hydroxylation sites is 1. The van der Waals surface area contributed by atoms with E-state index < -0.39 is 0 Å². The maximum absolute atomic E-state index is 12.5. The van der Waals surface area contributed by atoms with E-state index >= 15 is 0 Å². The molecule has 0 saturated heterocycles. The molecule has 22 heavy (non-hydrogen) atoms. The lowest BCUT2D eigenvalue weighted by Crippen LogP contribution is -2.36. The predicted octanol–water partition coefficient (Wildman–Crippen LogP) is 4.22. The number of aryl methyl sites for hydroxylation is 2. The first-order valence-corrected chi connectivity index (χ1v) is 8.18. The van der Waals surface area contributed by atoms with Crippen LogP contribution >= 0.6 is 12.4 Å². The van der Waals surface area contributed by atoms with E-state index in [1.54, 1.807) is 0 Å². The Hall–Kier alpha value is -1.06. The van der Waals surface area contributed by atoms with Crippen molar-refractivity contribution in [3.63, 3.8) is 0 Å². The number of carbonyl (C=O) groups excluding carboxylic acids is 1. The van der Waals surface area contributed by atoms with Gasteiger partial charge < -0.3 is 11.1 Å². The Balaban J connectivity index is 0.00000242. The zero-order chi connectivity index (χ0) is 15.3. The zero-order valence-corrected chi connectivity index (χ0v) is 14.6. The van der Waals surface area contributed by atoms with Crippen molar-refractivity contribution in [1.29, 1.82) is 0 Å². The summed E-state index contributed by atoms with van der Waals surface area (Å²) >= 11 is 0. The van der Waals surface area contributed by atoms with E-state index in [4.69, 9.17) is 5.73 Å². The lowest BCUT2D eigenvalue weighted by molar-refractivity contribution is -0.118. The monoisotopic (exact) mass is 324 g/mol. The van der Waals surface area contributed by atoms with E-state index in [2.05, 4.69) is 18.3 Å². The fourth-order valence-corrected chi connectivity index (χ4v) is 3.48. The fraction of sp³-hybridized carbons (Fsp3) is 0.611. The van der Waals surface area contributed by atoms with Crippen molar-refractivity contribution in [2.24, 2.45) is 11.1 Å². The standard InChI is InChI=1S/C18H28N2O.ClH/c1-3-15-9-7-8-14(2)17(15)20-16(21)12-18(13-19)10-5-4-6-11-18;/h7-9H,3-6,10-13,19H2,1-2H3,(H,20,21);1H. The Kier molecular flexibility index (Phi) is 7.37. The second kappa shape index (κ2) is 8.54. The summed E-state index contributed by atoms with van der Waals surface area (Å²) in [5.41, 5.74) is 9.34. The highest BCUT2D eigenvalue weighted by Gasteiger charge is 2.33. The number of benzene rings is 1. The Bertz CT molecular complexity index is 496. The van der Waals surface area contributed by atoms with Gasteiger partial charge in [0.15, 0.2) is 0 Å². The van der Waals surface area contributed by atoms with Crippen LogP contribution in [0.4, 0.5) is 5.69 Å². The third-order valence-electron chi connectivity index (χ3n) is 4.89. The van der Waals surface area contributed by atoms with Gasteiger partial charge in [-0.2, -0.15) is 0 Å². The average molecular weight is 325 g/mol. The number of amides is 1. The van der Waals surface area contributed by atoms with Crippen LogP contribution in [0.1, 0.15) is 56.6 Å². The Morgan fingerprint density at radius 3 is 2.55 bits per heavy atom. The molecule has 1 saturated carbocycles. The first-order valence-electron chi connectivity index (χ1n) is 8.18. The van der Waals surface area contributed by atoms with Gasteiger partial charge >= 0.3 is 0 Å². The summed E-state index contributed by atoms with van der Waals surface area (Å²) in [4.78, 5) is 12.5. The van der Waals surface area contributed by atoms with Gasteiger partial charge in [0.2, 0.25) is 5.91 Å². The molecule has 1 aromatic carbocycles. The molecule has 2 rings (SSSR count). The van der Waals surface area contributed by atoms with Gasteiger partial charge in [-0.25, -0.2) is 0 Å². The molecule has 0 aromatic heterocycles. The molecule has 3 N–H and O–H groups in total. The number of halogens is 1. The summed E-state index contributed by atoms with van der Waals surface area (Å²) < 4.78 is 0. The van der Waals surface area contributed by atoms with Gasteiger partial charge in [0, 0.05) is 12.1 Å². The third kappa shape index (κ3) is 4.47. The van der Waals surface area contributed by atoms with Crippen LogP contribution in [0.2, 0.25) is 0 Å². The first kappa shape index (κ1) is 19.0. The molecule has 0 radical (unpaired) electrons. The number of nitrogens with two attached hydrogens (primary N) is 1. The highest BCUT2D eigenvalue weighted by atomic mass is 35.5. The molecule has 3 nitrogen and oxygen atoms in total. The third-order valence-corrected chi connectivity index (χ3v) is 4.89. The summed E-state index contributed by atoms with van der Waals surface area (Å²) in [5.74, 6) is 0.117. The van der Waals surface area contributed by atoms with E-state index in [1.807, 2.05) is 19.1 Å². The van der Waals surface area contributed by atoms with Crippen molar-refractivity contribution in [3.05, 3.63) is 29.3 Å². The van der Waals surface area contributed by atoms with Crippen LogP contribution in [0.3, 0.4) is 0 Å². The van der Waals surface area contributed by atoms with Crippen LogP contribution in [-0.2, 0) is 11.2 Å². The van der Waals surface area contributed by atoms with E-state index in [0.29, 0.717) is 13.0 Å². The minimum atomic E-state index is 0. The van der Waals surface area contributed by atoms with Gasteiger partial charge in [0.25, 0.3) is 0 Å². The number of anilines is 1. The minimum absolute atomic E-state index is 0. The van der Waals surface area contributed by atoms with E-state index in [9.17, 15) is 4.79 Å². The number of hydrogen-bond donors (Lipinski definition) is 2. The van der Waals surface area contributed by atoms with E-state index in [1.165, 1.54) is 24.8 Å². The number of nitrogens with one attached hydrogen (secondary N) is 1. The van der Waals surface area contributed by atoms with Crippen molar-refractivity contribution in [3.8, 4) is 0 Å². The molecule has 0 atom stereocenters. The Morgan fingerprint density at radius 1 is 1.27 bits per heavy atom. The molecule has 1 fully saturated rings. The van der Waals surface area contributed by atoms with E-state index in [-0.39, 0.29) is 23.7 Å². The lowest BCUT2D eigenvalue weighted by atomic mass is 9.71. The number of hydrogen-bond acceptors (Lipinski definition) is 2. The summed E-state index contributed by atoms with van der Waals surface area (Å²) in [6.07, 6.45) is 7.35. The van der Waals surface area contributed by atoms with Crippen LogP contribution in [-0.4, -0.2) is 12.5 Å². The Labute approximate surface area is 140 Å². The van der Waals surface area contributed by atoms with Crippen LogP contribution in [0.15, 0.2) is 18.2 Å². The van der Waals surface area contributed by atoms with Crippen molar-refractivity contribution < 1.29 is 4.79 Å². The van der Waals surface area contributed by atoms with Crippen molar-refractivity contribution in [1.82, 2.24) is 0 Å². The zero-order valence-electron chi connectivity index (χ0n) is 13.8. The minimum Gasteiger partial charge on any atom is -0.330 e. The quantitative estimate of drug-likeness (QED) is 0.852. The SMILES string of the molecule is CCc1cccc(C)c1NC(=O)CC1(CN)CCCCC1.Cl. The predicted molar refractivity (Wildman–Crippen MR) is 95.6 cm³/mol. The summed E-state index contributed by atoms with van der Waals surface area (Å²) in [5, 5.41) is 3.14. The molecule has 0 heterocycles. The molecule has 1 aliphatic rings. The average Bonchev–Trinajstić information content (AvgIpc) is 2.50. The highest BCUT2D eigenvalue weighted by Crippen LogP contribution is 2.38. The summed E-state index contributed by atoms with van der Waals surface area (Å²) in [6, 6.07) is 6.18. The van der Waals surface area contributed by atoms with E-state index in [0.717, 1.165) is 30.5 Å². The molecular weight excluding hydrogens is 296 g/mol. The molecule has 1 aliphatic carbocycles. The first-order chi connectivity index (χ1) is 10.1. The van der Waals surface area contributed by atoms with Crippen LogP contribution in [0.5, 0.6) is 0 Å². The maximum atomic E-state index is 12.5. The highest BCUT2D eigenvalue weighted by molar-refractivity contribution is 5.92. The lowest BCUT2D eigenvalue weighted by Gasteiger charge is -2.35. The van der Waals surface area contributed by atoms with Crippen molar-refractivity contribution >= 4 is 24.0 Å². The second-order valence-corrected chi connectivity index (χ2v) is 6.45. The Morgan fingerprint density at radius 2 is 1.95 bits per heavy atom. The van der Waals surface area contributed by atoms with Crippen LogP contribution < -0.4 is 11.1 Å². The smallest absolute Gasteiger partial charge is 0.224 e.